The highest BCUT2D eigenvalue weighted by Crippen LogP contribution is 2.16. The van der Waals surface area contributed by atoms with Gasteiger partial charge in [-0.25, -0.2) is 0 Å². The number of aliphatic hydroxyl groups is 2. The predicted octanol–water partition coefficient (Wildman–Crippen LogP) is -2.26. The molecule has 1 heterocycles. The first kappa shape index (κ1) is 8.89. The summed E-state index contributed by atoms with van der Waals surface area (Å²) in [5.41, 5.74) is 10.7. The first-order chi connectivity index (χ1) is 5.15. The second-order valence-electron chi connectivity index (χ2n) is 2.76. The maximum absolute atomic E-state index is 9.23. The normalized spacial score (nSPS) is 45.8. The number of hydrogen-bond acceptors (Lipinski definition) is 5. The fourth-order valence-electron chi connectivity index (χ4n) is 1.11. The van der Waals surface area contributed by atoms with Crippen molar-refractivity contribution in [3.63, 3.8) is 0 Å². The molecule has 0 aliphatic carbocycles. The summed E-state index contributed by atoms with van der Waals surface area (Å²) in [6.45, 7) is 0.292. The Labute approximate surface area is 64.9 Å². The lowest BCUT2D eigenvalue weighted by molar-refractivity contribution is -0.197. The summed E-state index contributed by atoms with van der Waals surface area (Å²) in [4.78, 5) is 0. The standard InChI is InChI=1S/C6H14N2O3/c7-2-3-1-4(9)5(8)6(10)11-3/h3-6,9-10H,1-2,7-8H2/t3-,4-,5+,6-/m0/s1. The smallest absolute Gasteiger partial charge is 0.172 e. The summed E-state index contributed by atoms with van der Waals surface area (Å²) in [6.07, 6.45) is -1.69. The molecule has 4 atom stereocenters. The molecule has 0 spiro atoms. The SMILES string of the molecule is NC[C@@H]1C[C@H](O)[C@@H](N)[C@@H](O)O1. The van der Waals surface area contributed by atoms with Crippen LogP contribution in [0.25, 0.3) is 0 Å². The van der Waals surface area contributed by atoms with Gasteiger partial charge in [0, 0.05) is 13.0 Å². The molecular weight excluding hydrogens is 148 g/mol. The summed E-state index contributed by atoms with van der Waals surface area (Å²) >= 11 is 0. The van der Waals surface area contributed by atoms with Crippen LogP contribution in [0.5, 0.6) is 0 Å². The van der Waals surface area contributed by atoms with E-state index in [0.29, 0.717) is 13.0 Å². The Bertz CT molecular complexity index is 121. The molecule has 0 amide bonds. The molecule has 0 radical (unpaired) electrons. The molecule has 0 unspecified atom stereocenters. The average Bonchev–Trinajstić information content (AvgIpc) is 1.99. The van der Waals surface area contributed by atoms with Crippen molar-refractivity contribution in [1.29, 1.82) is 0 Å². The zero-order chi connectivity index (χ0) is 8.43. The Kier molecular flexibility index (Phi) is 2.80. The van der Waals surface area contributed by atoms with Crippen molar-refractivity contribution in [1.82, 2.24) is 0 Å². The summed E-state index contributed by atoms with van der Waals surface area (Å²) in [7, 11) is 0. The Balaban J connectivity index is 2.47. The molecule has 0 aromatic heterocycles. The molecule has 11 heavy (non-hydrogen) atoms. The molecular formula is C6H14N2O3. The molecule has 0 bridgehead atoms. The molecule has 0 saturated carbocycles. The van der Waals surface area contributed by atoms with Gasteiger partial charge in [-0.3, -0.25) is 0 Å². The Hall–Kier alpha value is -0.200. The minimum absolute atomic E-state index is 0.278. The fourth-order valence-corrected chi connectivity index (χ4v) is 1.11. The van der Waals surface area contributed by atoms with E-state index in [1.165, 1.54) is 0 Å². The van der Waals surface area contributed by atoms with Gasteiger partial charge in [-0.1, -0.05) is 0 Å². The average molecular weight is 162 g/mol. The van der Waals surface area contributed by atoms with Crippen molar-refractivity contribution in [3.05, 3.63) is 0 Å². The fraction of sp³-hybridized carbons (Fsp3) is 1.00. The quantitative estimate of drug-likeness (QED) is 0.348. The van der Waals surface area contributed by atoms with E-state index >= 15 is 0 Å². The van der Waals surface area contributed by atoms with Gasteiger partial charge in [0.2, 0.25) is 0 Å². The van der Waals surface area contributed by atoms with Crippen molar-refractivity contribution in [2.24, 2.45) is 11.5 Å². The van der Waals surface area contributed by atoms with E-state index in [4.69, 9.17) is 21.3 Å². The summed E-state index contributed by atoms with van der Waals surface area (Å²) < 4.78 is 4.96. The van der Waals surface area contributed by atoms with Crippen molar-refractivity contribution in [3.8, 4) is 0 Å². The molecule has 1 fully saturated rings. The van der Waals surface area contributed by atoms with Crippen LogP contribution in [0, 0.1) is 0 Å². The molecule has 6 N–H and O–H groups in total. The largest absolute Gasteiger partial charge is 0.391 e. The van der Waals surface area contributed by atoms with E-state index in [-0.39, 0.29) is 6.10 Å². The lowest BCUT2D eigenvalue weighted by Crippen LogP contribution is -2.54. The van der Waals surface area contributed by atoms with Crippen LogP contribution in [0.15, 0.2) is 0 Å². The van der Waals surface area contributed by atoms with E-state index in [1.54, 1.807) is 0 Å². The van der Waals surface area contributed by atoms with Gasteiger partial charge in [0.15, 0.2) is 6.29 Å². The Morgan fingerprint density at radius 3 is 2.55 bits per heavy atom. The monoisotopic (exact) mass is 162 g/mol. The van der Waals surface area contributed by atoms with Crippen molar-refractivity contribution in [2.75, 3.05) is 6.54 Å². The number of nitrogens with two attached hydrogens (primary N) is 2. The van der Waals surface area contributed by atoms with Crippen LogP contribution in [-0.4, -0.2) is 41.3 Å². The van der Waals surface area contributed by atoms with Crippen molar-refractivity contribution >= 4 is 0 Å². The molecule has 5 heteroatoms. The predicted molar refractivity (Wildman–Crippen MR) is 38.5 cm³/mol. The van der Waals surface area contributed by atoms with E-state index in [9.17, 15) is 5.11 Å². The number of aliphatic hydroxyl groups excluding tert-OH is 2. The third-order valence-electron chi connectivity index (χ3n) is 1.87. The highest BCUT2D eigenvalue weighted by Gasteiger charge is 2.33. The van der Waals surface area contributed by atoms with Gasteiger partial charge in [-0.15, -0.1) is 0 Å². The van der Waals surface area contributed by atoms with Crippen LogP contribution < -0.4 is 11.5 Å². The third kappa shape index (κ3) is 1.88. The maximum atomic E-state index is 9.23. The van der Waals surface area contributed by atoms with Crippen LogP contribution in [-0.2, 0) is 4.74 Å². The van der Waals surface area contributed by atoms with E-state index in [1.807, 2.05) is 0 Å². The zero-order valence-electron chi connectivity index (χ0n) is 6.18. The minimum Gasteiger partial charge on any atom is -0.391 e. The highest BCUT2D eigenvalue weighted by molar-refractivity contribution is 4.83. The first-order valence-corrected chi connectivity index (χ1v) is 3.62. The molecule has 0 aromatic carbocycles. The highest BCUT2D eigenvalue weighted by atomic mass is 16.6. The first-order valence-electron chi connectivity index (χ1n) is 3.62. The topological polar surface area (TPSA) is 102 Å². The molecule has 1 rings (SSSR count). The lowest BCUT2D eigenvalue weighted by Gasteiger charge is -2.34. The van der Waals surface area contributed by atoms with Gasteiger partial charge < -0.3 is 26.4 Å². The Morgan fingerprint density at radius 1 is 1.45 bits per heavy atom. The number of rotatable bonds is 1. The molecule has 1 aliphatic heterocycles. The van der Waals surface area contributed by atoms with E-state index in [0.717, 1.165) is 0 Å². The molecule has 66 valence electrons. The molecule has 1 saturated heterocycles. The van der Waals surface area contributed by atoms with Gasteiger partial charge in [-0.05, 0) is 0 Å². The summed E-state index contributed by atoms with van der Waals surface area (Å²) in [5, 5.41) is 18.3. The van der Waals surface area contributed by atoms with Crippen LogP contribution in [0.4, 0.5) is 0 Å². The number of ether oxygens (including phenoxy) is 1. The molecule has 1 aliphatic rings. The van der Waals surface area contributed by atoms with Gasteiger partial charge >= 0.3 is 0 Å². The minimum atomic E-state index is -1.09. The van der Waals surface area contributed by atoms with E-state index < -0.39 is 18.4 Å². The molecule has 5 nitrogen and oxygen atoms in total. The van der Waals surface area contributed by atoms with E-state index in [2.05, 4.69) is 0 Å². The summed E-state index contributed by atoms with van der Waals surface area (Å²) in [5.74, 6) is 0. The summed E-state index contributed by atoms with van der Waals surface area (Å²) in [6, 6.07) is -0.710. The van der Waals surface area contributed by atoms with Gasteiger partial charge in [0.05, 0.1) is 18.2 Å². The third-order valence-corrected chi connectivity index (χ3v) is 1.87. The maximum Gasteiger partial charge on any atom is 0.172 e. The van der Waals surface area contributed by atoms with Crippen LogP contribution >= 0.6 is 0 Å². The van der Waals surface area contributed by atoms with Crippen LogP contribution in [0.3, 0.4) is 0 Å². The van der Waals surface area contributed by atoms with Crippen molar-refractivity contribution in [2.45, 2.75) is 31.0 Å². The Morgan fingerprint density at radius 2 is 2.09 bits per heavy atom. The second-order valence-corrected chi connectivity index (χ2v) is 2.76. The number of hydrogen-bond donors (Lipinski definition) is 4. The van der Waals surface area contributed by atoms with Gasteiger partial charge in [-0.2, -0.15) is 0 Å². The lowest BCUT2D eigenvalue weighted by atomic mass is 10.0. The van der Waals surface area contributed by atoms with Gasteiger partial charge in [0.25, 0.3) is 0 Å². The van der Waals surface area contributed by atoms with Crippen molar-refractivity contribution < 1.29 is 14.9 Å². The zero-order valence-corrected chi connectivity index (χ0v) is 6.18. The van der Waals surface area contributed by atoms with Crippen LogP contribution in [0.2, 0.25) is 0 Å². The second kappa shape index (κ2) is 3.46. The van der Waals surface area contributed by atoms with Gasteiger partial charge in [0.1, 0.15) is 0 Å². The molecule has 0 aromatic rings. The van der Waals surface area contributed by atoms with Crippen LogP contribution in [0.1, 0.15) is 6.42 Å².